The second-order valence-electron chi connectivity index (χ2n) is 5.65. The molecule has 1 aliphatic rings. The van der Waals surface area contributed by atoms with Crippen molar-refractivity contribution in [3.05, 3.63) is 47.4 Å². The third kappa shape index (κ3) is 3.63. The summed E-state index contributed by atoms with van der Waals surface area (Å²) in [6, 6.07) is 7.00. The van der Waals surface area contributed by atoms with Crippen molar-refractivity contribution in [1.29, 1.82) is 0 Å². The van der Waals surface area contributed by atoms with E-state index >= 15 is 0 Å². The molecule has 3 rings (SSSR count). The molecular formula is C15H20ClFN4O. The number of rotatable bonds is 4. The van der Waals surface area contributed by atoms with Crippen molar-refractivity contribution in [1.82, 2.24) is 15.0 Å². The molecule has 0 radical (unpaired) electrons. The van der Waals surface area contributed by atoms with Crippen LogP contribution in [0.4, 0.5) is 4.39 Å². The van der Waals surface area contributed by atoms with Crippen molar-refractivity contribution in [2.75, 3.05) is 6.54 Å². The van der Waals surface area contributed by atoms with Gasteiger partial charge in [0.25, 0.3) is 0 Å². The van der Waals surface area contributed by atoms with E-state index in [0.29, 0.717) is 24.2 Å². The number of hydrogen-bond donors (Lipinski definition) is 1. The van der Waals surface area contributed by atoms with Crippen molar-refractivity contribution in [2.45, 2.75) is 32.5 Å². The summed E-state index contributed by atoms with van der Waals surface area (Å²) in [4.78, 5) is 6.51. The maximum absolute atomic E-state index is 13.4. The summed E-state index contributed by atoms with van der Waals surface area (Å²) in [6.07, 6.45) is 1.01. The zero-order chi connectivity index (χ0) is 14.8. The lowest BCUT2D eigenvalue weighted by molar-refractivity contribution is 0.234. The monoisotopic (exact) mass is 326 g/mol. The van der Waals surface area contributed by atoms with E-state index in [0.717, 1.165) is 18.5 Å². The fourth-order valence-electron chi connectivity index (χ4n) is 2.99. The first-order valence-electron chi connectivity index (χ1n) is 7.16. The standard InChI is InChI=1S/C15H19FN4O.ClH/c1-10-5-13(11-3-2-4-12(16)6-11)20(8-10)9-14-18-15(7-17)21-19-14;/h2-4,6,10,13H,5,7-9,17H2,1H3;1H. The summed E-state index contributed by atoms with van der Waals surface area (Å²) < 4.78 is 18.5. The molecule has 0 amide bonds. The molecule has 1 fully saturated rings. The summed E-state index contributed by atoms with van der Waals surface area (Å²) in [6.45, 7) is 3.98. The molecule has 2 heterocycles. The molecule has 1 saturated heterocycles. The quantitative estimate of drug-likeness (QED) is 0.935. The molecule has 1 aliphatic heterocycles. The Labute approximate surface area is 135 Å². The summed E-state index contributed by atoms with van der Waals surface area (Å²) in [5.74, 6) is 1.43. The van der Waals surface area contributed by atoms with Crippen LogP contribution in [0.5, 0.6) is 0 Å². The molecule has 22 heavy (non-hydrogen) atoms. The highest BCUT2D eigenvalue weighted by Gasteiger charge is 2.31. The molecule has 0 aliphatic carbocycles. The number of benzene rings is 1. The van der Waals surface area contributed by atoms with Gasteiger partial charge in [-0.15, -0.1) is 12.4 Å². The zero-order valence-corrected chi connectivity index (χ0v) is 13.2. The molecular weight excluding hydrogens is 307 g/mol. The van der Waals surface area contributed by atoms with E-state index in [9.17, 15) is 4.39 Å². The molecule has 2 atom stereocenters. The van der Waals surface area contributed by atoms with E-state index in [1.807, 2.05) is 6.07 Å². The van der Waals surface area contributed by atoms with Gasteiger partial charge >= 0.3 is 0 Å². The minimum atomic E-state index is -0.197. The van der Waals surface area contributed by atoms with Gasteiger partial charge in [0.1, 0.15) is 5.82 Å². The van der Waals surface area contributed by atoms with E-state index < -0.39 is 0 Å². The number of nitrogens with two attached hydrogens (primary N) is 1. The zero-order valence-electron chi connectivity index (χ0n) is 12.4. The molecule has 5 nitrogen and oxygen atoms in total. The van der Waals surface area contributed by atoms with Crippen LogP contribution in [0.1, 0.15) is 36.7 Å². The van der Waals surface area contributed by atoms with E-state index in [1.54, 1.807) is 12.1 Å². The van der Waals surface area contributed by atoms with Gasteiger partial charge in [0.2, 0.25) is 5.89 Å². The molecule has 2 N–H and O–H groups in total. The van der Waals surface area contributed by atoms with E-state index in [-0.39, 0.29) is 30.8 Å². The van der Waals surface area contributed by atoms with Crippen molar-refractivity contribution in [3.8, 4) is 0 Å². The first kappa shape index (κ1) is 16.9. The fraction of sp³-hybridized carbons (Fsp3) is 0.467. The van der Waals surface area contributed by atoms with Gasteiger partial charge in [0.15, 0.2) is 5.82 Å². The average Bonchev–Trinajstić information content (AvgIpc) is 3.06. The summed E-state index contributed by atoms with van der Waals surface area (Å²) >= 11 is 0. The average molecular weight is 327 g/mol. The van der Waals surface area contributed by atoms with E-state index in [1.165, 1.54) is 6.07 Å². The Kier molecular flexibility index (Phi) is 5.50. The highest BCUT2D eigenvalue weighted by Crippen LogP contribution is 2.36. The number of likely N-dealkylation sites (tertiary alicyclic amines) is 1. The summed E-state index contributed by atoms with van der Waals surface area (Å²) in [5.41, 5.74) is 6.48. The van der Waals surface area contributed by atoms with Crippen molar-refractivity contribution < 1.29 is 8.91 Å². The Morgan fingerprint density at radius 1 is 1.45 bits per heavy atom. The summed E-state index contributed by atoms with van der Waals surface area (Å²) in [5, 5.41) is 3.94. The first-order valence-corrected chi connectivity index (χ1v) is 7.16. The molecule has 120 valence electrons. The highest BCUT2D eigenvalue weighted by atomic mass is 35.5. The lowest BCUT2D eigenvalue weighted by atomic mass is 10.0. The van der Waals surface area contributed by atoms with Gasteiger partial charge < -0.3 is 10.3 Å². The normalized spacial score (nSPS) is 21.8. The molecule has 1 aromatic heterocycles. The molecule has 0 spiro atoms. The van der Waals surface area contributed by atoms with Crippen LogP contribution < -0.4 is 5.73 Å². The van der Waals surface area contributed by atoms with Crippen LogP contribution in [0.2, 0.25) is 0 Å². The topological polar surface area (TPSA) is 68.2 Å². The molecule has 0 bridgehead atoms. The van der Waals surface area contributed by atoms with Gasteiger partial charge in [0.05, 0.1) is 13.1 Å². The molecule has 2 aromatic rings. The third-order valence-electron chi connectivity index (χ3n) is 3.88. The molecule has 0 saturated carbocycles. The second kappa shape index (κ2) is 7.17. The maximum Gasteiger partial charge on any atom is 0.240 e. The predicted molar refractivity (Wildman–Crippen MR) is 82.8 cm³/mol. The Hall–Kier alpha value is -1.50. The Bertz CT molecular complexity index is 621. The number of halogens is 2. The van der Waals surface area contributed by atoms with Crippen LogP contribution in [-0.2, 0) is 13.1 Å². The van der Waals surface area contributed by atoms with Gasteiger partial charge in [-0.1, -0.05) is 24.2 Å². The van der Waals surface area contributed by atoms with Gasteiger partial charge in [-0.3, -0.25) is 4.90 Å². The predicted octanol–water partition coefficient (Wildman–Crippen LogP) is 2.67. The van der Waals surface area contributed by atoms with Crippen LogP contribution in [0.25, 0.3) is 0 Å². The maximum atomic E-state index is 13.4. The van der Waals surface area contributed by atoms with Crippen LogP contribution in [0.3, 0.4) is 0 Å². The van der Waals surface area contributed by atoms with E-state index in [2.05, 4.69) is 22.0 Å². The second-order valence-corrected chi connectivity index (χ2v) is 5.65. The van der Waals surface area contributed by atoms with Crippen LogP contribution in [-0.4, -0.2) is 21.6 Å². The lowest BCUT2D eigenvalue weighted by Crippen LogP contribution is -2.24. The van der Waals surface area contributed by atoms with E-state index in [4.69, 9.17) is 10.3 Å². The van der Waals surface area contributed by atoms with Crippen LogP contribution >= 0.6 is 12.4 Å². The number of nitrogens with zero attached hydrogens (tertiary/aromatic N) is 3. The van der Waals surface area contributed by atoms with Gasteiger partial charge in [0, 0.05) is 12.6 Å². The molecule has 2 unspecified atom stereocenters. The molecule has 1 aromatic carbocycles. The fourth-order valence-corrected chi connectivity index (χ4v) is 2.99. The first-order chi connectivity index (χ1) is 10.2. The minimum absolute atomic E-state index is 0. The number of aromatic nitrogens is 2. The largest absolute Gasteiger partial charge is 0.338 e. The Morgan fingerprint density at radius 2 is 2.27 bits per heavy atom. The van der Waals surface area contributed by atoms with Gasteiger partial charge in [-0.25, -0.2) is 4.39 Å². The van der Waals surface area contributed by atoms with Crippen molar-refractivity contribution in [2.24, 2.45) is 11.7 Å². The van der Waals surface area contributed by atoms with Crippen molar-refractivity contribution >= 4 is 12.4 Å². The SMILES string of the molecule is CC1CC(c2cccc(F)c2)N(Cc2noc(CN)n2)C1.Cl. The minimum Gasteiger partial charge on any atom is -0.338 e. The van der Waals surface area contributed by atoms with Crippen LogP contribution in [0.15, 0.2) is 28.8 Å². The van der Waals surface area contributed by atoms with Crippen molar-refractivity contribution in [3.63, 3.8) is 0 Å². The third-order valence-corrected chi connectivity index (χ3v) is 3.88. The smallest absolute Gasteiger partial charge is 0.240 e. The van der Waals surface area contributed by atoms with Crippen LogP contribution in [0, 0.1) is 11.7 Å². The summed E-state index contributed by atoms with van der Waals surface area (Å²) in [7, 11) is 0. The van der Waals surface area contributed by atoms with Gasteiger partial charge in [-0.2, -0.15) is 4.98 Å². The molecule has 7 heteroatoms. The Morgan fingerprint density at radius 3 is 2.95 bits per heavy atom. The lowest BCUT2D eigenvalue weighted by Gasteiger charge is -2.23. The Balaban J connectivity index is 0.00000176. The highest BCUT2D eigenvalue weighted by molar-refractivity contribution is 5.85. The van der Waals surface area contributed by atoms with Gasteiger partial charge in [-0.05, 0) is 30.0 Å². The number of hydrogen-bond acceptors (Lipinski definition) is 5.